The van der Waals surface area contributed by atoms with Crippen LogP contribution >= 0.6 is 0 Å². The van der Waals surface area contributed by atoms with Gasteiger partial charge in [-0.3, -0.25) is 0 Å². The highest BCUT2D eigenvalue weighted by Crippen LogP contribution is 2.55. The van der Waals surface area contributed by atoms with Crippen molar-refractivity contribution in [2.75, 3.05) is 9.80 Å². The van der Waals surface area contributed by atoms with E-state index >= 15 is 0 Å². The Kier molecular flexibility index (Phi) is 8.38. The Morgan fingerprint density at radius 2 is 0.929 bits per heavy atom. The third-order valence-electron chi connectivity index (χ3n) is 10.9. The van der Waals surface area contributed by atoms with Crippen molar-refractivity contribution in [3.63, 3.8) is 0 Å². The lowest BCUT2D eigenvalue weighted by molar-refractivity contribution is 0.494. The molecule has 0 bridgehead atoms. The summed E-state index contributed by atoms with van der Waals surface area (Å²) in [6, 6.07) is 75.0. The van der Waals surface area contributed by atoms with E-state index in [1.54, 1.807) is 0 Å². The van der Waals surface area contributed by atoms with E-state index < -0.39 is 0 Å². The van der Waals surface area contributed by atoms with Gasteiger partial charge in [0, 0.05) is 28.3 Å². The summed E-state index contributed by atoms with van der Waals surface area (Å²) in [6.07, 6.45) is 0. The number of fused-ring (bicyclic) bond motifs is 3. The normalized spacial score (nSPS) is 14.3. The van der Waals surface area contributed by atoms with Crippen LogP contribution in [0.15, 0.2) is 225 Å². The molecule has 3 nitrogen and oxygen atoms in total. The van der Waals surface area contributed by atoms with Crippen LogP contribution in [0.3, 0.4) is 0 Å². The second-order valence-corrected chi connectivity index (χ2v) is 14.2. The van der Waals surface area contributed by atoms with Crippen LogP contribution in [0.1, 0.15) is 22.6 Å². The number of allylic oxidation sites excluding steroid dienone is 1. The van der Waals surface area contributed by atoms with E-state index in [4.69, 9.17) is 11.3 Å². The van der Waals surface area contributed by atoms with Crippen molar-refractivity contribution < 1.29 is 4.74 Å². The second-order valence-electron chi connectivity index (χ2n) is 14.2. The molecular formula is C53H38N2O. The van der Waals surface area contributed by atoms with Crippen molar-refractivity contribution >= 4 is 39.8 Å². The van der Waals surface area contributed by atoms with Crippen LogP contribution in [0.5, 0.6) is 5.75 Å². The molecular weight excluding hydrogens is 681 g/mol. The van der Waals surface area contributed by atoms with Crippen molar-refractivity contribution in [3.8, 4) is 28.0 Å². The summed E-state index contributed by atoms with van der Waals surface area (Å²) in [5.74, 6) is 1.58. The zero-order chi connectivity index (χ0) is 37.4. The van der Waals surface area contributed by atoms with Crippen LogP contribution in [0, 0.1) is 0 Å². The Bertz CT molecular complexity index is 2670. The summed E-state index contributed by atoms with van der Waals surface area (Å²) in [7, 11) is 0. The molecule has 2 aliphatic rings. The number of nitrogens with zero attached hydrogens (tertiary/aromatic N) is 2. The average molecular weight is 719 g/mol. The maximum Gasteiger partial charge on any atom is 0.156 e. The van der Waals surface area contributed by atoms with Gasteiger partial charge in [0.2, 0.25) is 0 Å². The van der Waals surface area contributed by atoms with Crippen LogP contribution in [-0.2, 0) is 0 Å². The molecule has 8 aromatic carbocycles. The van der Waals surface area contributed by atoms with E-state index in [-0.39, 0.29) is 5.92 Å². The minimum atomic E-state index is -0.118. The lowest BCUT2D eigenvalue weighted by Gasteiger charge is -2.42. The number of anilines is 5. The van der Waals surface area contributed by atoms with E-state index in [2.05, 4.69) is 216 Å². The molecule has 1 aliphatic carbocycles. The van der Waals surface area contributed by atoms with Gasteiger partial charge in [-0.1, -0.05) is 146 Å². The number of hydrogen-bond acceptors (Lipinski definition) is 3. The molecule has 1 unspecified atom stereocenters. The Balaban J connectivity index is 1.01. The van der Waals surface area contributed by atoms with Crippen molar-refractivity contribution in [2.24, 2.45) is 0 Å². The summed E-state index contributed by atoms with van der Waals surface area (Å²) in [6.45, 7) is 4.82. The molecule has 0 radical (unpaired) electrons. The molecule has 0 fully saturated rings. The lowest BCUT2D eigenvalue weighted by atomic mass is 9.76. The molecule has 0 aromatic heterocycles. The monoisotopic (exact) mass is 718 g/mol. The van der Waals surface area contributed by atoms with Crippen molar-refractivity contribution in [1.29, 1.82) is 0 Å². The van der Waals surface area contributed by atoms with Gasteiger partial charge >= 0.3 is 0 Å². The lowest BCUT2D eigenvalue weighted by Crippen LogP contribution is -2.31. The van der Waals surface area contributed by atoms with Crippen LogP contribution < -0.4 is 14.5 Å². The molecule has 1 atom stereocenters. The van der Waals surface area contributed by atoms with Crippen LogP contribution in [0.2, 0.25) is 0 Å². The van der Waals surface area contributed by atoms with Crippen molar-refractivity contribution in [2.45, 2.75) is 5.92 Å². The van der Waals surface area contributed by atoms with Crippen molar-refractivity contribution in [1.82, 2.24) is 0 Å². The first-order valence-corrected chi connectivity index (χ1v) is 19.1. The van der Waals surface area contributed by atoms with Gasteiger partial charge in [0.15, 0.2) is 11.5 Å². The summed E-state index contributed by atoms with van der Waals surface area (Å²) in [5.41, 5.74) is 15.6. The van der Waals surface area contributed by atoms with Gasteiger partial charge in [0.1, 0.15) is 0 Å². The zero-order valence-electron chi connectivity index (χ0n) is 30.8. The molecule has 10 rings (SSSR count). The largest absolute Gasteiger partial charge is 0.453 e. The fourth-order valence-electron chi connectivity index (χ4n) is 8.20. The number of hydrogen-bond donors (Lipinski definition) is 0. The molecule has 0 spiro atoms. The van der Waals surface area contributed by atoms with Crippen LogP contribution in [-0.4, -0.2) is 0 Å². The third-order valence-corrected chi connectivity index (χ3v) is 10.9. The highest BCUT2D eigenvalue weighted by atomic mass is 16.5. The molecule has 3 heteroatoms. The molecule has 266 valence electrons. The van der Waals surface area contributed by atoms with Crippen LogP contribution in [0.25, 0.3) is 33.6 Å². The van der Waals surface area contributed by atoms with Gasteiger partial charge in [-0.05, 0) is 112 Å². The van der Waals surface area contributed by atoms with E-state index in [1.807, 2.05) is 6.07 Å². The summed E-state index contributed by atoms with van der Waals surface area (Å²) >= 11 is 0. The zero-order valence-corrected chi connectivity index (χ0v) is 30.8. The van der Waals surface area contributed by atoms with E-state index in [9.17, 15) is 0 Å². The molecule has 1 heterocycles. The van der Waals surface area contributed by atoms with Gasteiger partial charge in [-0.2, -0.15) is 0 Å². The molecule has 1 aliphatic heterocycles. The standard InChI is InChI=1S/C53H38N2O/c1-37-48-36-42(40-28-26-38(27-29-40)39-30-33-46(34-31-39)54(43-18-8-3-9-19-43)44-20-10-4-11-21-44)32-35-47(48)53-52(51(37)41-16-6-2-7-17-41)55(45-22-12-5-13-23-45)49-24-14-15-25-50(49)56-53/h2-36,51H,1H2. The fourth-order valence-corrected chi connectivity index (χ4v) is 8.20. The quantitative estimate of drug-likeness (QED) is 0.163. The van der Waals surface area contributed by atoms with Gasteiger partial charge in [-0.15, -0.1) is 0 Å². The molecule has 0 amide bonds. The van der Waals surface area contributed by atoms with E-state index in [1.165, 1.54) is 16.7 Å². The van der Waals surface area contributed by atoms with Gasteiger partial charge in [-0.25, -0.2) is 0 Å². The summed E-state index contributed by atoms with van der Waals surface area (Å²) in [4.78, 5) is 4.65. The predicted molar refractivity (Wildman–Crippen MR) is 233 cm³/mol. The first-order chi connectivity index (χ1) is 27.7. The smallest absolute Gasteiger partial charge is 0.156 e. The Morgan fingerprint density at radius 3 is 1.55 bits per heavy atom. The predicted octanol–water partition coefficient (Wildman–Crippen LogP) is 14.2. The minimum Gasteiger partial charge on any atom is -0.453 e. The number of benzene rings is 8. The van der Waals surface area contributed by atoms with Gasteiger partial charge < -0.3 is 14.5 Å². The highest BCUT2D eigenvalue weighted by molar-refractivity contribution is 5.96. The van der Waals surface area contributed by atoms with Gasteiger partial charge in [0.25, 0.3) is 0 Å². The second kappa shape index (κ2) is 14.1. The average Bonchev–Trinajstić information content (AvgIpc) is 3.27. The Labute approximate surface area is 328 Å². The topological polar surface area (TPSA) is 15.7 Å². The maximum absolute atomic E-state index is 6.89. The Hall–Kier alpha value is -7.36. The highest BCUT2D eigenvalue weighted by Gasteiger charge is 2.40. The number of para-hydroxylation sites is 5. The molecule has 0 N–H and O–H groups in total. The molecule has 56 heavy (non-hydrogen) atoms. The minimum absolute atomic E-state index is 0.118. The van der Waals surface area contributed by atoms with Gasteiger partial charge in [0.05, 0.1) is 17.3 Å². The van der Waals surface area contributed by atoms with E-state index in [0.717, 1.165) is 73.5 Å². The molecule has 8 aromatic rings. The maximum atomic E-state index is 6.89. The third kappa shape index (κ3) is 5.87. The Morgan fingerprint density at radius 1 is 0.446 bits per heavy atom. The first kappa shape index (κ1) is 33.2. The number of ether oxygens (including phenoxy) is 1. The fraction of sp³-hybridized carbons (Fsp3) is 0.0189. The SMILES string of the molecule is C=C1c2cc(-c3ccc(-c4ccc(N(c5ccccc5)c5ccccc5)cc4)cc3)ccc2C2=C(C1c1ccccc1)N(c1ccccc1)c1ccccc1O2. The first-order valence-electron chi connectivity index (χ1n) is 19.1. The van der Waals surface area contributed by atoms with Crippen molar-refractivity contribution in [3.05, 3.63) is 241 Å². The molecule has 0 saturated heterocycles. The summed E-state index contributed by atoms with van der Waals surface area (Å²) in [5, 5.41) is 0. The number of rotatable bonds is 7. The summed E-state index contributed by atoms with van der Waals surface area (Å²) < 4.78 is 6.89. The van der Waals surface area contributed by atoms with Crippen LogP contribution in [0.4, 0.5) is 28.4 Å². The molecule has 0 saturated carbocycles. The van der Waals surface area contributed by atoms with E-state index in [0.29, 0.717) is 0 Å².